The summed E-state index contributed by atoms with van der Waals surface area (Å²) in [6.45, 7) is 9.23. The number of hydrogen-bond donors (Lipinski definition) is 0. The molecule has 4 nitrogen and oxygen atoms in total. The Balaban J connectivity index is 2.37. The van der Waals surface area contributed by atoms with Gasteiger partial charge < -0.3 is 9.31 Å². The number of thioether (sulfide) groups is 1. The van der Waals surface area contributed by atoms with E-state index in [1.807, 2.05) is 27.7 Å². The smallest absolute Gasteiger partial charge is 0.400 e. The van der Waals surface area contributed by atoms with Crippen LogP contribution in [0.5, 0.6) is 0 Å². The van der Waals surface area contributed by atoms with Crippen LogP contribution >= 0.6 is 23.4 Å². The van der Waals surface area contributed by atoms with Crippen LogP contribution < -0.4 is 0 Å². The summed E-state index contributed by atoms with van der Waals surface area (Å²) < 4.78 is 26.2. The summed E-state index contributed by atoms with van der Waals surface area (Å²) >= 11 is 6.86. The van der Waals surface area contributed by atoms with Crippen molar-refractivity contribution in [2.24, 2.45) is 0 Å². The minimum atomic E-state index is -0.659. The first-order valence-electron chi connectivity index (χ1n) is 7.53. The van der Waals surface area contributed by atoms with E-state index in [0.717, 1.165) is 11.8 Å². The zero-order valence-electron chi connectivity index (χ0n) is 14.4. The number of rotatable bonds is 4. The average Bonchev–Trinajstić information content (AvgIpc) is 2.67. The lowest BCUT2D eigenvalue weighted by molar-refractivity contribution is -0.109. The third-order valence-electron chi connectivity index (χ3n) is 4.22. The molecule has 0 aromatic carbocycles. The Morgan fingerprint density at radius 2 is 1.96 bits per heavy atom. The van der Waals surface area contributed by atoms with Gasteiger partial charge in [0.2, 0.25) is 0 Å². The van der Waals surface area contributed by atoms with Crippen molar-refractivity contribution in [2.45, 2.75) is 45.8 Å². The molecule has 1 aromatic rings. The molecule has 0 amide bonds. The average molecular weight is 372 g/mol. The molecule has 1 fully saturated rings. The van der Waals surface area contributed by atoms with Gasteiger partial charge in [0.1, 0.15) is 0 Å². The summed E-state index contributed by atoms with van der Waals surface area (Å²) in [4.78, 5) is 15.0. The Morgan fingerprint density at radius 3 is 2.50 bits per heavy atom. The van der Waals surface area contributed by atoms with Crippen molar-refractivity contribution < 1.29 is 18.5 Å². The Kier molecular flexibility index (Phi) is 5.80. The van der Waals surface area contributed by atoms with Crippen molar-refractivity contribution in [3.8, 4) is 0 Å². The van der Waals surface area contributed by atoms with E-state index in [4.69, 9.17) is 20.9 Å². The van der Waals surface area contributed by atoms with Crippen LogP contribution in [0.3, 0.4) is 0 Å². The molecule has 1 saturated heterocycles. The Bertz CT molecular complexity index is 665. The lowest BCUT2D eigenvalue weighted by Crippen LogP contribution is -2.41. The van der Waals surface area contributed by atoms with Crippen molar-refractivity contribution >= 4 is 41.7 Å². The fourth-order valence-corrected chi connectivity index (χ4v) is 2.86. The van der Waals surface area contributed by atoms with E-state index in [9.17, 15) is 9.18 Å². The van der Waals surface area contributed by atoms with E-state index in [2.05, 4.69) is 4.98 Å². The fourth-order valence-electron chi connectivity index (χ4n) is 2.10. The van der Waals surface area contributed by atoms with Crippen LogP contribution in [0, 0.1) is 5.82 Å². The first-order valence-corrected chi connectivity index (χ1v) is 8.89. The number of nitrogens with zero attached hydrogens (tertiary/aromatic N) is 1. The maximum Gasteiger partial charge on any atom is 0.491 e. The first-order chi connectivity index (χ1) is 11.0. The number of aromatic nitrogens is 1. The van der Waals surface area contributed by atoms with Gasteiger partial charge in [-0.3, -0.25) is 4.79 Å². The van der Waals surface area contributed by atoms with Gasteiger partial charge in [-0.15, -0.1) is 0 Å². The molecule has 0 bridgehead atoms. The Hall–Kier alpha value is -0.885. The molecule has 0 atom stereocenters. The lowest BCUT2D eigenvalue weighted by atomic mass is 9.78. The predicted molar refractivity (Wildman–Crippen MR) is 96.4 cm³/mol. The molecular formula is C16H20BClFNO3S. The molecule has 0 spiro atoms. The van der Waals surface area contributed by atoms with Gasteiger partial charge in [0.25, 0.3) is 0 Å². The molecule has 24 heavy (non-hydrogen) atoms. The second kappa shape index (κ2) is 7.16. The zero-order chi connectivity index (χ0) is 18.1. The SMILES string of the molecule is CC(=O)SCC(=Cc1ccnc(Cl)c1F)B1OC(C)(C)C(C)(C)O1. The second-order valence-electron chi connectivity index (χ2n) is 6.59. The number of halogens is 2. The van der Waals surface area contributed by atoms with E-state index in [1.165, 1.54) is 19.2 Å². The molecule has 0 unspecified atom stereocenters. The van der Waals surface area contributed by atoms with E-state index >= 15 is 0 Å². The van der Waals surface area contributed by atoms with Gasteiger partial charge in [0.15, 0.2) is 16.1 Å². The summed E-state index contributed by atoms with van der Waals surface area (Å²) in [6, 6.07) is 1.52. The van der Waals surface area contributed by atoms with E-state index in [1.54, 1.807) is 6.08 Å². The molecule has 2 rings (SSSR count). The van der Waals surface area contributed by atoms with Crippen LogP contribution in [0.25, 0.3) is 6.08 Å². The molecule has 1 aliphatic rings. The molecule has 0 aliphatic carbocycles. The highest BCUT2D eigenvalue weighted by Gasteiger charge is 2.52. The summed E-state index contributed by atoms with van der Waals surface area (Å²) in [5.74, 6) is -0.271. The monoisotopic (exact) mass is 371 g/mol. The van der Waals surface area contributed by atoms with Crippen LogP contribution in [0.1, 0.15) is 40.2 Å². The third kappa shape index (κ3) is 4.20. The van der Waals surface area contributed by atoms with Crippen molar-refractivity contribution in [3.63, 3.8) is 0 Å². The maximum absolute atomic E-state index is 14.2. The normalized spacial score (nSPS) is 19.6. The maximum atomic E-state index is 14.2. The topological polar surface area (TPSA) is 48.4 Å². The molecule has 1 aromatic heterocycles. The minimum Gasteiger partial charge on any atom is -0.400 e. The zero-order valence-corrected chi connectivity index (χ0v) is 15.9. The third-order valence-corrected chi connectivity index (χ3v) is 5.36. The van der Waals surface area contributed by atoms with Gasteiger partial charge in [0.05, 0.1) is 11.2 Å². The first kappa shape index (κ1) is 19.4. The number of pyridine rings is 1. The van der Waals surface area contributed by atoms with E-state index in [0.29, 0.717) is 11.2 Å². The van der Waals surface area contributed by atoms with E-state index < -0.39 is 24.1 Å². The standard InChI is InChI=1S/C16H20BClFNO3S/c1-10(21)24-9-12(8-11-6-7-20-14(18)13(11)19)17-22-15(2,3)16(4,5)23-17/h6-8H,9H2,1-5H3. The molecule has 130 valence electrons. The highest BCUT2D eigenvalue weighted by molar-refractivity contribution is 8.13. The van der Waals surface area contributed by atoms with Crippen molar-refractivity contribution in [1.82, 2.24) is 4.98 Å². The summed E-state index contributed by atoms with van der Waals surface area (Å²) in [5, 5.41) is -0.234. The van der Waals surface area contributed by atoms with Gasteiger partial charge in [-0.05, 0) is 39.2 Å². The second-order valence-corrected chi connectivity index (χ2v) is 8.10. The van der Waals surface area contributed by atoms with Gasteiger partial charge in [-0.25, -0.2) is 9.37 Å². The van der Waals surface area contributed by atoms with Gasteiger partial charge in [0, 0.05) is 24.4 Å². The van der Waals surface area contributed by atoms with Crippen molar-refractivity contribution in [3.05, 3.63) is 34.3 Å². The molecule has 1 aliphatic heterocycles. The highest BCUT2D eigenvalue weighted by atomic mass is 35.5. The fraction of sp³-hybridized carbons (Fsp3) is 0.500. The van der Waals surface area contributed by atoms with E-state index in [-0.39, 0.29) is 15.8 Å². The number of hydrogen-bond acceptors (Lipinski definition) is 5. The number of carbonyl (C=O) groups excluding carboxylic acids is 1. The van der Waals surface area contributed by atoms with Crippen LogP contribution in [0.15, 0.2) is 17.7 Å². The van der Waals surface area contributed by atoms with Crippen LogP contribution in [-0.2, 0) is 14.1 Å². The minimum absolute atomic E-state index is 0.0364. The molecule has 0 saturated carbocycles. The van der Waals surface area contributed by atoms with Gasteiger partial charge in [-0.1, -0.05) is 29.4 Å². The predicted octanol–water partition coefficient (Wildman–Crippen LogP) is 4.17. The Labute approximate surface area is 151 Å². The van der Waals surface area contributed by atoms with Gasteiger partial charge in [-0.2, -0.15) is 0 Å². The Morgan fingerprint density at radius 1 is 1.38 bits per heavy atom. The quantitative estimate of drug-likeness (QED) is 0.587. The number of carbonyl (C=O) groups is 1. The molecular weight excluding hydrogens is 352 g/mol. The largest absolute Gasteiger partial charge is 0.491 e. The van der Waals surface area contributed by atoms with Crippen LogP contribution in [0.2, 0.25) is 5.15 Å². The van der Waals surface area contributed by atoms with Crippen molar-refractivity contribution in [2.75, 3.05) is 5.75 Å². The molecule has 0 radical (unpaired) electrons. The highest BCUT2D eigenvalue weighted by Crippen LogP contribution is 2.39. The lowest BCUT2D eigenvalue weighted by Gasteiger charge is -2.32. The summed E-state index contributed by atoms with van der Waals surface area (Å²) in [5.41, 5.74) is -0.100. The molecule has 0 N–H and O–H groups in total. The van der Waals surface area contributed by atoms with Gasteiger partial charge >= 0.3 is 7.12 Å². The summed E-state index contributed by atoms with van der Waals surface area (Å²) in [6.07, 6.45) is 3.04. The van der Waals surface area contributed by atoms with Crippen LogP contribution in [-0.4, -0.2) is 34.2 Å². The molecule has 2 heterocycles. The van der Waals surface area contributed by atoms with Crippen molar-refractivity contribution in [1.29, 1.82) is 0 Å². The molecule has 8 heteroatoms. The summed E-state index contributed by atoms with van der Waals surface area (Å²) in [7, 11) is -0.659. The van der Waals surface area contributed by atoms with Crippen LogP contribution in [0.4, 0.5) is 4.39 Å².